The van der Waals surface area contributed by atoms with E-state index >= 15 is 0 Å². The Balaban J connectivity index is 2.83. The van der Waals surface area contributed by atoms with Crippen LogP contribution in [0.2, 0.25) is 0 Å². The molecule has 0 bridgehead atoms. The Morgan fingerprint density at radius 2 is 1.36 bits per heavy atom. The van der Waals surface area contributed by atoms with Crippen LogP contribution in [0.3, 0.4) is 0 Å². The number of nitrogens with one attached hydrogen (secondary N) is 1. The van der Waals surface area contributed by atoms with E-state index < -0.39 is 51.8 Å². The van der Waals surface area contributed by atoms with Crippen molar-refractivity contribution in [2.24, 2.45) is 0 Å². The number of hydrogen-bond acceptors (Lipinski definition) is 2. The van der Waals surface area contributed by atoms with Gasteiger partial charge in [-0.15, -0.1) is 0 Å². The molecule has 0 aliphatic rings. The van der Waals surface area contributed by atoms with Gasteiger partial charge in [0.1, 0.15) is 11.6 Å². The Kier molecular flexibility index (Phi) is 4.32. The van der Waals surface area contributed by atoms with E-state index in [0.29, 0.717) is 6.07 Å². The van der Waals surface area contributed by atoms with E-state index in [1.165, 1.54) is 7.05 Å². The third-order valence-electron chi connectivity index (χ3n) is 3.00. The first kappa shape index (κ1) is 16.2. The Hall–Kier alpha value is -2.22. The topological polar surface area (TPSA) is 32.3 Å². The normalized spacial score (nSPS) is 11.0. The lowest BCUT2D eigenvalue weighted by Gasteiger charge is -2.13. The molecule has 0 saturated heterocycles. The van der Waals surface area contributed by atoms with Gasteiger partial charge in [0.05, 0.1) is 5.56 Å². The fraction of sp³-hybridized carbons (Fsp3) is 0.143. The van der Waals surface area contributed by atoms with Gasteiger partial charge in [0.2, 0.25) is 5.82 Å². The van der Waals surface area contributed by atoms with E-state index in [1.807, 2.05) is 0 Å². The molecule has 2 aromatic rings. The van der Waals surface area contributed by atoms with Gasteiger partial charge in [-0.1, -0.05) is 0 Å². The lowest BCUT2D eigenvalue weighted by Crippen LogP contribution is -2.08. The minimum Gasteiger partial charge on any atom is -0.507 e. The third kappa shape index (κ3) is 2.50. The van der Waals surface area contributed by atoms with Crippen molar-refractivity contribution >= 4 is 0 Å². The van der Waals surface area contributed by atoms with Crippen LogP contribution >= 0.6 is 0 Å². The van der Waals surface area contributed by atoms with Crippen LogP contribution in [0.25, 0.3) is 11.1 Å². The third-order valence-corrected chi connectivity index (χ3v) is 3.00. The fourth-order valence-electron chi connectivity index (χ4n) is 2.01. The van der Waals surface area contributed by atoms with Gasteiger partial charge < -0.3 is 10.4 Å². The standard InChI is InChI=1S/C14H9F6NO/c1-21-4-5-2-6(15)3-7(14(5)22)8-9(16)11(18)13(20)12(19)10(8)17/h2-3,21-22H,4H2,1H3. The van der Waals surface area contributed by atoms with Crippen molar-refractivity contribution in [1.29, 1.82) is 0 Å². The summed E-state index contributed by atoms with van der Waals surface area (Å²) in [4.78, 5) is 0. The molecular formula is C14H9F6NO. The number of phenolic OH excluding ortho intramolecular Hbond substituents is 1. The monoisotopic (exact) mass is 321 g/mol. The van der Waals surface area contributed by atoms with E-state index in [0.717, 1.165) is 6.07 Å². The van der Waals surface area contributed by atoms with Crippen molar-refractivity contribution in [3.8, 4) is 16.9 Å². The summed E-state index contributed by atoms with van der Waals surface area (Å²) in [7, 11) is 1.46. The molecule has 118 valence electrons. The maximum atomic E-state index is 13.7. The predicted molar refractivity (Wildman–Crippen MR) is 66.1 cm³/mol. The van der Waals surface area contributed by atoms with Crippen LogP contribution < -0.4 is 5.32 Å². The number of benzene rings is 2. The first-order valence-electron chi connectivity index (χ1n) is 5.97. The lowest BCUT2D eigenvalue weighted by atomic mass is 9.99. The first-order chi connectivity index (χ1) is 10.3. The summed E-state index contributed by atoms with van der Waals surface area (Å²) in [5.74, 6) is -12.7. The summed E-state index contributed by atoms with van der Waals surface area (Å²) in [5, 5.41) is 12.5. The van der Waals surface area contributed by atoms with Gasteiger partial charge in [-0.3, -0.25) is 0 Å². The highest BCUT2D eigenvalue weighted by Crippen LogP contribution is 2.38. The zero-order valence-electron chi connectivity index (χ0n) is 11.1. The minimum atomic E-state index is -2.33. The molecule has 0 atom stereocenters. The molecule has 0 radical (unpaired) electrons. The summed E-state index contributed by atoms with van der Waals surface area (Å²) in [6, 6.07) is 1.37. The fourth-order valence-corrected chi connectivity index (χ4v) is 2.01. The minimum absolute atomic E-state index is 0.0774. The SMILES string of the molecule is CNCc1cc(F)cc(-c2c(F)c(F)c(F)c(F)c2F)c1O. The van der Waals surface area contributed by atoms with Gasteiger partial charge in [0, 0.05) is 17.7 Å². The highest BCUT2D eigenvalue weighted by molar-refractivity contribution is 5.73. The maximum Gasteiger partial charge on any atom is 0.200 e. The van der Waals surface area contributed by atoms with E-state index in [1.54, 1.807) is 0 Å². The van der Waals surface area contributed by atoms with Crippen LogP contribution in [0.1, 0.15) is 5.56 Å². The highest BCUT2D eigenvalue weighted by Gasteiger charge is 2.28. The van der Waals surface area contributed by atoms with Crippen molar-refractivity contribution in [1.82, 2.24) is 5.32 Å². The zero-order valence-corrected chi connectivity index (χ0v) is 11.1. The molecule has 8 heteroatoms. The largest absolute Gasteiger partial charge is 0.507 e. The number of aromatic hydroxyl groups is 1. The van der Waals surface area contributed by atoms with Crippen molar-refractivity contribution < 1.29 is 31.4 Å². The van der Waals surface area contributed by atoms with Crippen LogP contribution in [0, 0.1) is 34.9 Å². The Bertz CT molecular complexity index is 718. The maximum absolute atomic E-state index is 13.7. The average Bonchev–Trinajstić information content (AvgIpc) is 2.48. The molecule has 0 unspecified atom stereocenters. The van der Waals surface area contributed by atoms with E-state index in [9.17, 15) is 31.4 Å². The summed E-state index contributed by atoms with van der Waals surface area (Å²) in [6.07, 6.45) is 0. The number of hydrogen-bond donors (Lipinski definition) is 2. The molecule has 0 aliphatic carbocycles. The van der Waals surface area contributed by atoms with Gasteiger partial charge in [0.15, 0.2) is 23.3 Å². The van der Waals surface area contributed by atoms with E-state index in [2.05, 4.69) is 5.32 Å². The van der Waals surface area contributed by atoms with Crippen LogP contribution in [0.4, 0.5) is 26.3 Å². The Morgan fingerprint density at radius 1 is 0.864 bits per heavy atom. The summed E-state index contributed by atoms with van der Waals surface area (Å²) in [6.45, 7) is -0.0774. The van der Waals surface area contributed by atoms with Crippen LogP contribution in [-0.4, -0.2) is 12.2 Å². The van der Waals surface area contributed by atoms with Crippen molar-refractivity contribution in [3.05, 3.63) is 52.6 Å². The molecule has 0 heterocycles. The van der Waals surface area contributed by atoms with Gasteiger partial charge >= 0.3 is 0 Å². The average molecular weight is 321 g/mol. The molecule has 2 nitrogen and oxygen atoms in total. The van der Waals surface area contributed by atoms with Crippen LogP contribution in [0.15, 0.2) is 12.1 Å². The Labute approximate surface area is 121 Å². The van der Waals surface area contributed by atoms with Crippen LogP contribution in [-0.2, 0) is 6.54 Å². The van der Waals surface area contributed by atoms with E-state index in [4.69, 9.17) is 0 Å². The van der Waals surface area contributed by atoms with Gasteiger partial charge in [-0.2, -0.15) is 0 Å². The second-order valence-electron chi connectivity index (χ2n) is 4.44. The number of halogens is 6. The molecule has 2 N–H and O–H groups in total. The number of rotatable bonds is 3. The van der Waals surface area contributed by atoms with Gasteiger partial charge in [-0.05, 0) is 19.2 Å². The van der Waals surface area contributed by atoms with Crippen molar-refractivity contribution in [2.45, 2.75) is 6.54 Å². The second kappa shape index (κ2) is 5.88. The van der Waals surface area contributed by atoms with Gasteiger partial charge in [0.25, 0.3) is 0 Å². The zero-order chi connectivity index (χ0) is 16.6. The molecule has 0 amide bonds. The highest BCUT2D eigenvalue weighted by atomic mass is 19.2. The van der Waals surface area contributed by atoms with Crippen molar-refractivity contribution in [2.75, 3.05) is 7.05 Å². The summed E-state index contributed by atoms with van der Waals surface area (Å²) < 4.78 is 80.5. The smallest absolute Gasteiger partial charge is 0.200 e. The second-order valence-corrected chi connectivity index (χ2v) is 4.44. The van der Waals surface area contributed by atoms with Crippen LogP contribution in [0.5, 0.6) is 5.75 Å². The molecule has 2 aromatic carbocycles. The quantitative estimate of drug-likeness (QED) is 0.514. The Morgan fingerprint density at radius 3 is 1.86 bits per heavy atom. The molecule has 0 aromatic heterocycles. The number of phenols is 1. The lowest BCUT2D eigenvalue weighted by molar-refractivity contribution is 0.380. The molecule has 2 rings (SSSR count). The summed E-state index contributed by atoms with van der Waals surface area (Å²) in [5.41, 5.74) is -2.30. The molecule has 0 spiro atoms. The predicted octanol–water partition coefficient (Wildman–Crippen LogP) is 3.61. The van der Waals surface area contributed by atoms with Crippen molar-refractivity contribution in [3.63, 3.8) is 0 Å². The molecule has 22 heavy (non-hydrogen) atoms. The molecule has 0 aliphatic heterocycles. The molecule has 0 saturated carbocycles. The summed E-state index contributed by atoms with van der Waals surface area (Å²) >= 11 is 0. The first-order valence-corrected chi connectivity index (χ1v) is 5.97. The molecular weight excluding hydrogens is 312 g/mol. The van der Waals surface area contributed by atoms with Gasteiger partial charge in [-0.25, -0.2) is 26.3 Å². The molecule has 0 fully saturated rings. The van der Waals surface area contributed by atoms with E-state index in [-0.39, 0.29) is 12.1 Å².